The van der Waals surface area contributed by atoms with Gasteiger partial charge in [-0.05, 0) is 43.1 Å². The maximum atomic E-state index is 3.82. The monoisotopic (exact) mass is 245 g/mol. The van der Waals surface area contributed by atoms with E-state index in [1.54, 1.807) is 0 Å². The fraction of sp³-hybridized carbons (Fsp3) is 0.647. The molecule has 18 heavy (non-hydrogen) atoms. The first-order valence-electron chi connectivity index (χ1n) is 7.27. The molecule has 0 heterocycles. The minimum absolute atomic E-state index is 0.456. The zero-order valence-electron chi connectivity index (χ0n) is 12.2. The zero-order chi connectivity index (χ0) is 13.2. The van der Waals surface area contributed by atoms with E-state index < -0.39 is 0 Å². The highest BCUT2D eigenvalue weighted by molar-refractivity contribution is 5.18. The van der Waals surface area contributed by atoms with Gasteiger partial charge in [-0.15, -0.1) is 0 Å². The highest BCUT2D eigenvalue weighted by atomic mass is 14.9. The summed E-state index contributed by atoms with van der Waals surface area (Å²) in [6, 6.07) is 11.9. The van der Waals surface area contributed by atoms with Gasteiger partial charge >= 0.3 is 0 Å². The molecule has 1 fully saturated rings. The van der Waals surface area contributed by atoms with Gasteiger partial charge < -0.3 is 5.32 Å². The van der Waals surface area contributed by atoms with E-state index in [0.717, 1.165) is 5.92 Å². The van der Waals surface area contributed by atoms with Crippen LogP contribution in [0.1, 0.15) is 58.6 Å². The first kappa shape index (κ1) is 13.6. The molecule has 1 aliphatic carbocycles. The molecular formula is C17H27N. The van der Waals surface area contributed by atoms with Crippen LogP contribution in [0.4, 0.5) is 0 Å². The third kappa shape index (κ3) is 3.58. The second-order valence-electron chi connectivity index (χ2n) is 6.91. The van der Waals surface area contributed by atoms with Crippen LogP contribution in [0.5, 0.6) is 0 Å². The molecule has 0 aromatic heterocycles. The lowest BCUT2D eigenvalue weighted by Crippen LogP contribution is -2.41. The summed E-state index contributed by atoms with van der Waals surface area (Å²) >= 11 is 0. The number of hydrogen-bond acceptors (Lipinski definition) is 1. The molecule has 0 aliphatic heterocycles. The zero-order valence-corrected chi connectivity index (χ0v) is 12.2. The molecule has 1 N–H and O–H groups in total. The molecule has 0 spiro atoms. The minimum Gasteiger partial charge on any atom is -0.307 e. The predicted octanol–water partition coefficient (Wildman–Crippen LogP) is 4.55. The van der Waals surface area contributed by atoms with Crippen molar-refractivity contribution < 1.29 is 0 Å². The van der Waals surface area contributed by atoms with Gasteiger partial charge in [0.05, 0.1) is 0 Å². The first-order valence-corrected chi connectivity index (χ1v) is 7.27. The summed E-state index contributed by atoms with van der Waals surface area (Å²) < 4.78 is 0. The van der Waals surface area contributed by atoms with Gasteiger partial charge in [0.1, 0.15) is 0 Å². The van der Waals surface area contributed by atoms with Gasteiger partial charge in [0.25, 0.3) is 0 Å². The third-order valence-corrected chi connectivity index (χ3v) is 4.17. The van der Waals surface area contributed by atoms with Crippen molar-refractivity contribution in [2.45, 2.75) is 59.0 Å². The molecule has 0 radical (unpaired) electrons. The molecule has 0 amide bonds. The molecule has 100 valence electrons. The lowest BCUT2D eigenvalue weighted by molar-refractivity contribution is 0.145. The van der Waals surface area contributed by atoms with Gasteiger partial charge in [0, 0.05) is 12.1 Å². The maximum Gasteiger partial charge on any atom is 0.0294 e. The summed E-state index contributed by atoms with van der Waals surface area (Å²) in [5.74, 6) is 0.842. The van der Waals surface area contributed by atoms with Crippen molar-refractivity contribution in [1.29, 1.82) is 0 Å². The average Bonchev–Trinajstić information content (AvgIpc) is 2.27. The smallest absolute Gasteiger partial charge is 0.0294 e. The minimum atomic E-state index is 0.456. The number of rotatable bonds is 3. The Morgan fingerprint density at radius 1 is 1.17 bits per heavy atom. The van der Waals surface area contributed by atoms with Crippen LogP contribution < -0.4 is 5.32 Å². The highest BCUT2D eigenvalue weighted by Crippen LogP contribution is 2.39. The Labute approximate surface area is 112 Å². The summed E-state index contributed by atoms with van der Waals surface area (Å²) in [6.07, 6.45) is 3.99. The molecule has 1 aromatic rings. The quantitative estimate of drug-likeness (QED) is 0.823. The van der Waals surface area contributed by atoms with Crippen molar-refractivity contribution in [3.05, 3.63) is 35.9 Å². The number of benzene rings is 1. The Morgan fingerprint density at radius 3 is 2.44 bits per heavy atom. The van der Waals surface area contributed by atoms with Crippen LogP contribution in [0.15, 0.2) is 30.3 Å². The van der Waals surface area contributed by atoms with Crippen molar-refractivity contribution >= 4 is 0 Å². The largest absolute Gasteiger partial charge is 0.307 e. The second-order valence-corrected chi connectivity index (χ2v) is 6.91. The van der Waals surface area contributed by atoms with Crippen molar-refractivity contribution in [3.8, 4) is 0 Å². The van der Waals surface area contributed by atoms with E-state index in [9.17, 15) is 0 Å². The molecule has 1 saturated carbocycles. The molecule has 0 bridgehead atoms. The fourth-order valence-corrected chi connectivity index (χ4v) is 3.66. The number of hydrogen-bond donors (Lipinski definition) is 1. The first-order chi connectivity index (χ1) is 8.46. The summed E-state index contributed by atoms with van der Waals surface area (Å²) in [4.78, 5) is 0. The molecule has 0 saturated heterocycles. The Bertz CT molecular complexity index is 368. The fourth-order valence-electron chi connectivity index (χ4n) is 3.66. The van der Waals surface area contributed by atoms with Crippen molar-refractivity contribution in [1.82, 2.24) is 5.32 Å². The number of nitrogens with one attached hydrogen (secondary N) is 1. The van der Waals surface area contributed by atoms with Crippen molar-refractivity contribution in [2.75, 3.05) is 0 Å². The third-order valence-electron chi connectivity index (χ3n) is 4.17. The van der Waals surface area contributed by atoms with E-state index in [0.29, 0.717) is 17.5 Å². The second kappa shape index (κ2) is 5.44. The standard InChI is InChI=1S/C17H27N/c1-13-10-16(12-17(3,4)11-13)18-14(2)15-8-6-5-7-9-15/h5-9,13-14,16,18H,10-12H2,1-4H3/t13?,14-,16?/m1/s1. The Hall–Kier alpha value is -0.820. The van der Waals surface area contributed by atoms with Gasteiger partial charge in [-0.3, -0.25) is 0 Å². The Morgan fingerprint density at radius 2 is 1.83 bits per heavy atom. The molecule has 1 aliphatic rings. The van der Waals surface area contributed by atoms with E-state index in [4.69, 9.17) is 0 Å². The topological polar surface area (TPSA) is 12.0 Å². The molecule has 3 atom stereocenters. The summed E-state index contributed by atoms with van der Waals surface area (Å²) in [5, 5.41) is 3.82. The SMILES string of the molecule is CC1CC(N[C@H](C)c2ccccc2)CC(C)(C)C1. The van der Waals surface area contributed by atoms with Crippen LogP contribution in [0.2, 0.25) is 0 Å². The molecule has 1 heteroatoms. The Balaban J connectivity index is 1.97. The van der Waals surface area contributed by atoms with E-state index in [1.807, 2.05) is 0 Å². The normalized spacial score (nSPS) is 28.9. The van der Waals surface area contributed by atoms with Crippen LogP contribution >= 0.6 is 0 Å². The van der Waals surface area contributed by atoms with Crippen LogP contribution in [0.25, 0.3) is 0 Å². The van der Waals surface area contributed by atoms with Crippen LogP contribution in [-0.2, 0) is 0 Å². The van der Waals surface area contributed by atoms with Crippen LogP contribution in [0.3, 0.4) is 0 Å². The average molecular weight is 245 g/mol. The van der Waals surface area contributed by atoms with E-state index in [-0.39, 0.29) is 0 Å². The summed E-state index contributed by atoms with van der Waals surface area (Å²) in [6.45, 7) is 9.49. The van der Waals surface area contributed by atoms with Gasteiger partial charge in [-0.2, -0.15) is 0 Å². The lowest BCUT2D eigenvalue weighted by atomic mass is 9.70. The van der Waals surface area contributed by atoms with E-state index in [2.05, 4.69) is 63.3 Å². The lowest BCUT2D eigenvalue weighted by Gasteiger charge is -2.40. The summed E-state index contributed by atoms with van der Waals surface area (Å²) in [7, 11) is 0. The van der Waals surface area contributed by atoms with E-state index >= 15 is 0 Å². The maximum absolute atomic E-state index is 3.82. The van der Waals surface area contributed by atoms with Crippen molar-refractivity contribution in [2.24, 2.45) is 11.3 Å². The van der Waals surface area contributed by atoms with Crippen LogP contribution in [0, 0.1) is 11.3 Å². The molecule has 1 aromatic carbocycles. The summed E-state index contributed by atoms with van der Waals surface area (Å²) in [5.41, 5.74) is 1.89. The Kier molecular flexibility index (Phi) is 4.11. The molecule has 1 nitrogen and oxygen atoms in total. The highest BCUT2D eigenvalue weighted by Gasteiger charge is 2.32. The van der Waals surface area contributed by atoms with Gasteiger partial charge in [0.15, 0.2) is 0 Å². The van der Waals surface area contributed by atoms with Gasteiger partial charge in [-0.1, -0.05) is 51.1 Å². The van der Waals surface area contributed by atoms with Crippen molar-refractivity contribution in [3.63, 3.8) is 0 Å². The van der Waals surface area contributed by atoms with Gasteiger partial charge in [-0.25, -0.2) is 0 Å². The molecule has 2 unspecified atom stereocenters. The van der Waals surface area contributed by atoms with E-state index in [1.165, 1.54) is 24.8 Å². The van der Waals surface area contributed by atoms with Gasteiger partial charge in [0.2, 0.25) is 0 Å². The van der Waals surface area contributed by atoms with Crippen LogP contribution in [-0.4, -0.2) is 6.04 Å². The molecular weight excluding hydrogens is 218 g/mol. The molecule has 2 rings (SSSR count). The predicted molar refractivity (Wildman–Crippen MR) is 78.6 cm³/mol.